The summed E-state index contributed by atoms with van der Waals surface area (Å²) in [5.74, 6) is 0.816. The number of carbonyl (C=O) groups excluding carboxylic acids is 1. The molecule has 0 aliphatic heterocycles. The summed E-state index contributed by atoms with van der Waals surface area (Å²) in [5.41, 5.74) is 5.77. The van der Waals surface area contributed by atoms with Crippen molar-refractivity contribution in [2.75, 3.05) is 12.3 Å². The minimum Gasteiger partial charge on any atom is -0.353 e. The van der Waals surface area contributed by atoms with Gasteiger partial charge in [-0.05, 0) is 37.4 Å². The average Bonchev–Trinajstić information content (AvgIpc) is 2.50. The van der Waals surface area contributed by atoms with Gasteiger partial charge in [0.2, 0.25) is 5.91 Å². The highest BCUT2D eigenvalue weighted by Gasteiger charge is 2.24. The van der Waals surface area contributed by atoms with E-state index in [1.54, 1.807) is 18.2 Å². The SMILES string of the molecule is Cl.NCC1CCCCC1NC(=O)CCSc1ccccc1F. The maximum Gasteiger partial charge on any atom is 0.221 e. The Balaban J connectivity index is 0.00000242. The minimum atomic E-state index is -0.224. The molecule has 1 amide bonds. The minimum absolute atomic E-state index is 0. The molecule has 1 aliphatic carbocycles. The van der Waals surface area contributed by atoms with E-state index in [0.717, 1.165) is 19.3 Å². The Labute approximate surface area is 142 Å². The molecule has 1 saturated carbocycles. The lowest BCUT2D eigenvalue weighted by Crippen LogP contribution is -2.44. The van der Waals surface area contributed by atoms with Gasteiger partial charge in [-0.3, -0.25) is 4.79 Å². The summed E-state index contributed by atoms with van der Waals surface area (Å²) >= 11 is 1.38. The Morgan fingerprint density at radius 2 is 2.05 bits per heavy atom. The summed E-state index contributed by atoms with van der Waals surface area (Å²) in [7, 11) is 0. The second-order valence-corrected chi connectivity index (χ2v) is 6.62. The van der Waals surface area contributed by atoms with Crippen molar-refractivity contribution in [1.29, 1.82) is 0 Å². The van der Waals surface area contributed by atoms with Gasteiger partial charge in [0.05, 0.1) is 0 Å². The van der Waals surface area contributed by atoms with Gasteiger partial charge in [-0.25, -0.2) is 4.39 Å². The van der Waals surface area contributed by atoms with Gasteiger partial charge < -0.3 is 11.1 Å². The molecule has 1 fully saturated rings. The van der Waals surface area contributed by atoms with E-state index in [1.807, 2.05) is 0 Å². The normalized spacial score (nSPS) is 21.0. The van der Waals surface area contributed by atoms with Crippen LogP contribution < -0.4 is 11.1 Å². The van der Waals surface area contributed by atoms with E-state index >= 15 is 0 Å². The highest BCUT2D eigenvalue weighted by atomic mass is 35.5. The maximum absolute atomic E-state index is 13.4. The van der Waals surface area contributed by atoms with Crippen LogP contribution in [0.15, 0.2) is 29.2 Å². The van der Waals surface area contributed by atoms with Gasteiger partial charge in [0, 0.05) is 23.1 Å². The molecular weight excluding hydrogens is 323 g/mol. The first-order valence-electron chi connectivity index (χ1n) is 7.57. The molecule has 0 saturated heterocycles. The molecule has 0 bridgehead atoms. The molecule has 6 heteroatoms. The number of rotatable bonds is 6. The van der Waals surface area contributed by atoms with E-state index in [4.69, 9.17) is 5.73 Å². The molecular formula is C16H24ClFN2OS. The number of nitrogens with one attached hydrogen (secondary N) is 1. The molecule has 3 N–H and O–H groups in total. The van der Waals surface area contributed by atoms with Crippen LogP contribution in [0, 0.1) is 11.7 Å². The van der Waals surface area contributed by atoms with Gasteiger partial charge in [0.1, 0.15) is 5.82 Å². The Bertz CT molecular complexity index is 475. The number of benzene rings is 1. The molecule has 1 aliphatic rings. The summed E-state index contributed by atoms with van der Waals surface area (Å²) in [5, 5.41) is 3.09. The van der Waals surface area contributed by atoms with Gasteiger partial charge in [-0.1, -0.05) is 25.0 Å². The lowest BCUT2D eigenvalue weighted by atomic mass is 9.84. The van der Waals surface area contributed by atoms with Crippen molar-refractivity contribution >= 4 is 30.1 Å². The third-order valence-corrected chi connectivity index (χ3v) is 5.03. The van der Waals surface area contributed by atoms with Crippen LogP contribution >= 0.6 is 24.2 Å². The molecule has 1 aromatic rings. The lowest BCUT2D eigenvalue weighted by Gasteiger charge is -2.31. The fourth-order valence-electron chi connectivity index (χ4n) is 2.77. The molecule has 22 heavy (non-hydrogen) atoms. The van der Waals surface area contributed by atoms with E-state index in [2.05, 4.69) is 5.32 Å². The van der Waals surface area contributed by atoms with Crippen LogP contribution in [0.3, 0.4) is 0 Å². The summed E-state index contributed by atoms with van der Waals surface area (Å²) in [4.78, 5) is 12.6. The first-order valence-corrected chi connectivity index (χ1v) is 8.56. The highest BCUT2D eigenvalue weighted by molar-refractivity contribution is 7.99. The van der Waals surface area contributed by atoms with Crippen LogP contribution in [-0.2, 0) is 4.79 Å². The number of carbonyl (C=O) groups is 1. The molecule has 0 heterocycles. The molecule has 3 nitrogen and oxygen atoms in total. The van der Waals surface area contributed by atoms with E-state index in [0.29, 0.717) is 29.5 Å². The Morgan fingerprint density at radius 3 is 2.77 bits per heavy atom. The van der Waals surface area contributed by atoms with Crippen molar-refractivity contribution in [2.24, 2.45) is 11.7 Å². The van der Waals surface area contributed by atoms with Crippen molar-refractivity contribution in [2.45, 2.75) is 43.0 Å². The van der Waals surface area contributed by atoms with E-state index in [9.17, 15) is 9.18 Å². The Kier molecular flexibility index (Phi) is 8.83. The van der Waals surface area contributed by atoms with Crippen molar-refractivity contribution in [3.05, 3.63) is 30.1 Å². The summed E-state index contributed by atoms with van der Waals surface area (Å²) in [6.45, 7) is 0.634. The van der Waals surface area contributed by atoms with E-state index in [-0.39, 0.29) is 30.2 Å². The first-order chi connectivity index (χ1) is 10.2. The van der Waals surface area contributed by atoms with Crippen LogP contribution in [-0.4, -0.2) is 24.2 Å². The average molecular weight is 347 g/mol. The van der Waals surface area contributed by atoms with E-state index < -0.39 is 0 Å². The smallest absolute Gasteiger partial charge is 0.221 e. The number of nitrogens with two attached hydrogens (primary N) is 1. The second kappa shape index (κ2) is 10.1. The topological polar surface area (TPSA) is 55.1 Å². The third kappa shape index (κ3) is 5.78. The molecule has 0 aromatic heterocycles. The monoisotopic (exact) mass is 346 g/mol. The predicted molar refractivity (Wildman–Crippen MR) is 91.9 cm³/mol. The molecule has 0 spiro atoms. The van der Waals surface area contributed by atoms with Gasteiger partial charge in [0.15, 0.2) is 0 Å². The largest absolute Gasteiger partial charge is 0.353 e. The fraction of sp³-hybridized carbons (Fsp3) is 0.562. The van der Waals surface area contributed by atoms with Crippen molar-refractivity contribution in [1.82, 2.24) is 5.32 Å². The zero-order valence-corrected chi connectivity index (χ0v) is 14.2. The van der Waals surface area contributed by atoms with Crippen LogP contribution in [0.5, 0.6) is 0 Å². The molecule has 2 atom stereocenters. The summed E-state index contributed by atoms with van der Waals surface area (Å²) in [6, 6.07) is 6.87. The summed E-state index contributed by atoms with van der Waals surface area (Å²) in [6.07, 6.45) is 4.90. The summed E-state index contributed by atoms with van der Waals surface area (Å²) < 4.78 is 13.4. The maximum atomic E-state index is 13.4. The molecule has 1 aromatic carbocycles. The van der Waals surface area contributed by atoms with Crippen molar-refractivity contribution < 1.29 is 9.18 Å². The van der Waals surface area contributed by atoms with Gasteiger partial charge in [-0.2, -0.15) is 0 Å². The number of thioether (sulfide) groups is 1. The molecule has 2 unspecified atom stereocenters. The Hall–Kier alpha value is -0.780. The number of amides is 1. The van der Waals surface area contributed by atoms with E-state index in [1.165, 1.54) is 24.2 Å². The van der Waals surface area contributed by atoms with Crippen LogP contribution in [0.2, 0.25) is 0 Å². The van der Waals surface area contributed by atoms with Crippen molar-refractivity contribution in [3.8, 4) is 0 Å². The Morgan fingerprint density at radius 1 is 1.32 bits per heavy atom. The van der Waals surface area contributed by atoms with Crippen LogP contribution in [0.4, 0.5) is 4.39 Å². The second-order valence-electron chi connectivity index (χ2n) is 5.48. The molecule has 0 radical (unpaired) electrons. The lowest BCUT2D eigenvalue weighted by molar-refractivity contribution is -0.121. The number of hydrogen-bond acceptors (Lipinski definition) is 3. The zero-order chi connectivity index (χ0) is 15.1. The first kappa shape index (κ1) is 19.3. The number of halogens is 2. The predicted octanol–water partition coefficient (Wildman–Crippen LogP) is 3.36. The fourth-order valence-corrected chi connectivity index (χ4v) is 3.66. The van der Waals surface area contributed by atoms with Gasteiger partial charge >= 0.3 is 0 Å². The van der Waals surface area contributed by atoms with Gasteiger partial charge in [0.25, 0.3) is 0 Å². The van der Waals surface area contributed by atoms with Crippen LogP contribution in [0.1, 0.15) is 32.1 Å². The van der Waals surface area contributed by atoms with Gasteiger partial charge in [-0.15, -0.1) is 24.2 Å². The number of hydrogen-bond donors (Lipinski definition) is 2. The molecule has 2 rings (SSSR count). The quantitative estimate of drug-likeness (QED) is 0.776. The third-order valence-electron chi connectivity index (χ3n) is 3.98. The highest BCUT2D eigenvalue weighted by Crippen LogP contribution is 2.24. The molecule has 124 valence electrons. The van der Waals surface area contributed by atoms with Crippen LogP contribution in [0.25, 0.3) is 0 Å². The van der Waals surface area contributed by atoms with Crippen molar-refractivity contribution in [3.63, 3.8) is 0 Å². The standard InChI is InChI=1S/C16H23FN2OS.ClH/c17-13-6-2-4-8-15(13)21-10-9-16(20)19-14-7-3-1-5-12(14)11-18;/h2,4,6,8,12,14H,1,3,5,7,9-11,18H2,(H,19,20);1H. The zero-order valence-electron chi connectivity index (χ0n) is 12.6.